The molecule has 164 valence electrons. The van der Waals surface area contributed by atoms with E-state index in [4.69, 9.17) is 0 Å². The van der Waals surface area contributed by atoms with Gasteiger partial charge in [0, 0.05) is 0 Å². The molecule has 0 N–H and O–H groups in total. The molecule has 0 saturated heterocycles. The second kappa shape index (κ2) is 10.6. The molecule has 0 aliphatic heterocycles. The third kappa shape index (κ3) is 4.87. The fraction of sp³-hybridized carbons (Fsp3) is 0.226. The molecule has 0 saturated carbocycles. The molecule has 3 aromatic rings. The molecule has 3 aromatic carbocycles. The average Bonchev–Trinajstić information content (AvgIpc) is 3.40. The van der Waals surface area contributed by atoms with Crippen molar-refractivity contribution in [3.8, 4) is 0 Å². The summed E-state index contributed by atoms with van der Waals surface area (Å²) >= 11 is -1.12. The van der Waals surface area contributed by atoms with Crippen molar-refractivity contribution < 1.29 is 22.9 Å². The predicted octanol–water partition coefficient (Wildman–Crippen LogP) is 8.09. The predicted molar refractivity (Wildman–Crippen MR) is 141 cm³/mol. The van der Waals surface area contributed by atoms with Gasteiger partial charge in [-0.1, -0.05) is 0 Å². The fourth-order valence-corrected chi connectivity index (χ4v) is 15.1. The Morgan fingerprint density at radius 1 is 0.848 bits per heavy atom. The quantitative estimate of drug-likeness (QED) is 0.178. The molecular formula is C31H31HfP. The third-order valence-electron chi connectivity index (χ3n) is 6.80. The minimum atomic E-state index is -1.12. The van der Waals surface area contributed by atoms with Crippen LogP contribution in [0.15, 0.2) is 111 Å². The first-order valence-corrected chi connectivity index (χ1v) is 17.3. The summed E-state index contributed by atoms with van der Waals surface area (Å²) in [6.07, 6.45) is 10.2. The third-order valence-corrected chi connectivity index (χ3v) is 16.8. The van der Waals surface area contributed by atoms with E-state index in [2.05, 4.69) is 111 Å². The van der Waals surface area contributed by atoms with Gasteiger partial charge in [0.25, 0.3) is 0 Å². The molecule has 0 amide bonds. The molecule has 0 bridgehead atoms. The van der Waals surface area contributed by atoms with Gasteiger partial charge in [-0.05, 0) is 0 Å². The Morgan fingerprint density at radius 2 is 1.48 bits per heavy atom. The number of rotatable bonds is 8. The number of unbranched alkanes of at least 4 members (excludes halogenated alkanes) is 1. The van der Waals surface area contributed by atoms with Crippen LogP contribution in [0.25, 0.3) is 6.08 Å². The molecule has 0 spiro atoms. The molecule has 5 rings (SSSR count). The van der Waals surface area contributed by atoms with Gasteiger partial charge in [-0.2, -0.15) is 0 Å². The van der Waals surface area contributed by atoms with Gasteiger partial charge < -0.3 is 0 Å². The SMILES string of the molecule is CCCCC1=CC[C]([Hf][CH]2C(P(c3ccccc3)c3ccccc3)=Cc3ccccc32)=C1C. The molecule has 2 aliphatic rings. The normalized spacial score (nSPS) is 17.2. The first-order valence-electron chi connectivity index (χ1n) is 12.1. The summed E-state index contributed by atoms with van der Waals surface area (Å²) in [5.41, 5.74) is 6.35. The molecular weight excluding hydrogens is 582 g/mol. The van der Waals surface area contributed by atoms with Crippen LogP contribution in [0.2, 0.25) is 0 Å². The van der Waals surface area contributed by atoms with Gasteiger partial charge in [0.15, 0.2) is 0 Å². The summed E-state index contributed by atoms with van der Waals surface area (Å²) < 4.78 is 2.49. The van der Waals surface area contributed by atoms with Crippen LogP contribution in [0, 0.1) is 0 Å². The Hall–Kier alpha value is -1.82. The summed E-state index contributed by atoms with van der Waals surface area (Å²) in [4.78, 5) is 0. The zero-order valence-electron chi connectivity index (χ0n) is 19.6. The Bertz CT molecular complexity index is 1160. The molecule has 0 fully saturated rings. The minimum absolute atomic E-state index is 0.522. The Morgan fingerprint density at radius 3 is 2.15 bits per heavy atom. The van der Waals surface area contributed by atoms with E-state index in [1.807, 2.05) is 3.33 Å². The maximum atomic E-state index is 2.56. The van der Waals surface area contributed by atoms with Crippen LogP contribution >= 0.6 is 7.92 Å². The monoisotopic (exact) mass is 614 g/mol. The van der Waals surface area contributed by atoms with Gasteiger partial charge in [-0.3, -0.25) is 0 Å². The molecule has 0 nitrogen and oxygen atoms in total. The van der Waals surface area contributed by atoms with E-state index in [0.29, 0.717) is 3.67 Å². The van der Waals surface area contributed by atoms with Crippen molar-refractivity contribution in [3.63, 3.8) is 0 Å². The molecule has 2 aliphatic carbocycles. The summed E-state index contributed by atoms with van der Waals surface area (Å²) in [6.45, 7) is 4.72. The first-order chi connectivity index (χ1) is 16.3. The van der Waals surface area contributed by atoms with Crippen molar-refractivity contribution >= 4 is 24.6 Å². The van der Waals surface area contributed by atoms with Crippen LogP contribution in [0.5, 0.6) is 0 Å². The van der Waals surface area contributed by atoms with E-state index in [1.54, 1.807) is 22.0 Å². The molecule has 0 radical (unpaired) electrons. The van der Waals surface area contributed by atoms with E-state index in [9.17, 15) is 0 Å². The van der Waals surface area contributed by atoms with Crippen molar-refractivity contribution in [2.75, 3.05) is 0 Å². The Labute approximate surface area is 211 Å². The Balaban J connectivity index is 1.55. The second-order valence-corrected chi connectivity index (χ2v) is 16.4. The number of benzene rings is 3. The van der Waals surface area contributed by atoms with Gasteiger partial charge in [0.05, 0.1) is 0 Å². The standard InChI is InChI=1S/C21H16P.C10H15.Hf/c1-3-11-19(12-4-1)22(20-13-5-2-6-14-20)21-15-17-9-7-8-10-18(17)16-21;1-3-4-7-10-8-5-6-9(10)2;/h1-16H;8H,3-5,7H2,1-2H3;. The Kier molecular flexibility index (Phi) is 7.39. The van der Waals surface area contributed by atoms with E-state index >= 15 is 0 Å². The van der Waals surface area contributed by atoms with Crippen LogP contribution in [0.3, 0.4) is 0 Å². The van der Waals surface area contributed by atoms with Gasteiger partial charge in [-0.15, -0.1) is 0 Å². The van der Waals surface area contributed by atoms with E-state index in [0.717, 1.165) is 0 Å². The zero-order chi connectivity index (χ0) is 22.6. The van der Waals surface area contributed by atoms with Crippen LogP contribution in [-0.2, 0) is 22.9 Å². The molecule has 1 unspecified atom stereocenters. The van der Waals surface area contributed by atoms with Crippen molar-refractivity contribution in [2.45, 2.75) is 43.2 Å². The van der Waals surface area contributed by atoms with Gasteiger partial charge in [-0.25, -0.2) is 0 Å². The van der Waals surface area contributed by atoms with Gasteiger partial charge in [0.1, 0.15) is 0 Å². The van der Waals surface area contributed by atoms with Crippen molar-refractivity contribution in [2.24, 2.45) is 0 Å². The molecule has 33 heavy (non-hydrogen) atoms. The summed E-state index contributed by atoms with van der Waals surface area (Å²) in [5, 5.41) is 4.64. The summed E-state index contributed by atoms with van der Waals surface area (Å²) in [5.74, 6) is 0. The van der Waals surface area contributed by atoms with E-state index < -0.39 is 30.8 Å². The topological polar surface area (TPSA) is 0 Å². The zero-order valence-corrected chi connectivity index (χ0v) is 24.1. The van der Waals surface area contributed by atoms with Crippen molar-refractivity contribution in [1.82, 2.24) is 0 Å². The van der Waals surface area contributed by atoms with Crippen molar-refractivity contribution in [1.29, 1.82) is 0 Å². The summed E-state index contributed by atoms with van der Waals surface area (Å²) in [6, 6.07) is 31.7. The fourth-order valence-electron chi connectivity index (χ4n) is 4.98. The molecule has 2 heteroatoms. The number of hydrogen-bond acceptors (Lipinski definition) is 0. The van der Waals surface area contributed by atoms with Crippen LogP contribution < -0.4 is 10.6 Å². The summed E-state index contributed by atoms with van der Waals surface area (Å²) in [7, 11) is -0.522. The average molecular weight is 613 g/mol. The van der Waals surface area contributed by atoms with Crippen LogP contribution in [0.4, 0.5) is 0 Å². The van der Waals surface area contributed by atoms with Crippen molar-refractivity contribution in [3.05, 3.63) is 122 Å². The second-order valence-electron chi connectivity index (χ2n) is 8.92. The first kappa shape index (κ1) is 22.9. The molecule has 0 aromatic heterocycles. The van der Waals surface area contributed by atoms with E-state index in [1.165, 1.54) is 41.9 Å². The van der Waals surface area contributed by atoms with E-state index in [-0.39, 0.29) is 0 Å². The molecule has 0 heterocycles. The van der Waals surface area contributed by atoms with Gasteiger partial charge >= 0.3 is 213 Å². The maximum absolute atomic E-state index is 2.56. The number of allylic oxidation sites excluding steroid dienone is 5. The number of hydrogen-bond donors (Lipinski definition) is 0. The van der Waals surface area contributed by atoms with Crippen LogP contribution in [-0.4, -0.2) is 0 Å². The number of fused-ring (bicyclic) bond motifs is 1. The van der Waals surface area contributed by atoms with Crippen LogP contribution in [0.1, 0.15) is 54.3 Å². The molecule has 1 atom stereocenters. The van der Waals surface area contributed by atoms with Gasteiger partial charge in [0.2, 0.25) is 0 Å².